The molecule has 0 bridgehead atoms. The fourth-order valence-electron chi connectivity index (χ4n) is 1.99. The fraction of sp³-hybridized carbons (Fsp3) is 0. The number of carboxylic acids is 1. The summed E-state index contributed by atoms with van der Waals surface area (Å²) in [4.78, 5) is 15.1. The number of fused-ring (bicyclic) bond motifs is 1. The third-order valence-corrected chi connectivity index (χ3v) is 3.27. The van der Waals surface area contributed by atoms with E-state index in [1.54, 1.807) is 23.0 Å². The molecule has 0 atom stereocenters. The smallest absolute Gasteiger partial charge is 0.335 e. The molecule has 0 amide bonds. The van der Waals surface area contributed by atoms with Gasteiger partial charge in [-0.3, -0.25) is 4.57 Å². The second-order valence-corrected chi connectivity index (χ2v) is 4.63. The quantitative estimate of drug-likeness (QED) is 0.785. The molecule has 6 heteroatoms. The molecule has 0 aliphatic heterocycles. The van der Waals surface area contributed by atoms with Gasteiger partial charge < -0.3 is 5.11 Å². The topological polar surface area (TPSA) is 55.1 Å². The zero-order chi connectivity index (χ0) is 14.3. The second kappa shape index (κ2) is 4.61. The van der Waals surface area contributed by atoms with Crippen LogP contribution in [0, 0.1) is 5.82 Å². The lowest BCUT2D eigenvalue weighted by Gasteiger charge is -2.05. The molecule has 3 rings (SSSR count). The van der Waals surface area contributed by atoms with E-state index in [9.17, 15) is 9.18 Å². The molecule has 3 aromatic rings. The summed E-state index contributed by atoms with van der Waals surface area (Å²) in [5.41, 5.74) is 2.09. The van der Waals surface area contributed by atoms with E-state index in [1.807, 2.05) is 0 Å². The summed E-state index contributed by atoms with van der Waals surface area (Å²) in [5.74, 6) is -1.50. The van der Waals surface area contributed by atoms with E-state index in [-0.39, 0.29) is 10.6 Å². The van der Waals surface area contributed by atoms with Gasteiger partial charge in [0, 0.05) is 5.69 Å². The Labute approximate surface area is 118 Å². The van der Waals surface area contributed by atoms with Crippen LogP contribution in [0.4, 0.5) is 4.39 Å². The first kappa shape index (κ1) is 12.6. The molecular weight excluding hydrogens is 283 g/mol. The van der Waals surface area contributed by atoms with Gasteiger partial charge in [-0.05, 0) is 36.4 Å². The Morgan fingerprint density at radius 3 is 2.75 bits per heavy atom. The molecule has 0 saturated heterocycles. The Morgan fingerprint density at radius 2 is 2.05 bits per heavy atom. The highest BCUT2D eigenvalue weighted by Gasteiger charge is 2.10. The van der Waals surface area contributed by atoms with Gasteiger partial charge in [-0.1, -0.05) is 11.6 Å². The molecule has 2 aromatic carbocycles. The van der Waals surface area contributed by atoms with Crippen molar-refractivity contribution in [2.75, 3.05) is 0 Å². The van der Waals surface area contributed by atoms with Crippen molar-refractivity contribution in [1.29, 1.82) is 0 Å². The average Bonchev–Trinajstić information content (AvgIpc) is 2.84. The monoisotopic (exact) mass is 290 g/mol. The van der Waals surface area contributed by atoms with Gasteiger partial charge in [0.05, 0.1) is 21.6 Å². The number of halogens is 2. The molecule has 1 heterocycles. The van der Waals surface area contributed by atoms with Gasteiger partial charge in [0.25, 0.3) is 0 Å². The van der Waals surface area contributed by atoms with Gasteiger partial charge in [-0.15, -0.1) is 0 Å². The third kappa shape index (κ3) is 2.02. The minimum Gasteiger partial charge on any atom is -0.478 e. The van der Waals surface area contributed by atoms with E-state index < -0.39 is 11.8 Å². The summed E-state index contributed by atoms with van der Waals surface area (Å²) in [7, 11) is 0. The number of aromatic nitrogens is 2. The Morgan fingerprint density at radius 1 is 1.25 bits per heavy atom. The summed E-state index contributed by atoms with van der Waals surface area (Å²) in [5, 5.41) is 8.96. The Hall–Kier alpha value is -2.40. The van der Waals surface area contributed by atoms with Crippen molar-refractivity contribution in [3.05, 3.63) is 59.1 Å². The Bertz CT molecular complexity index is 829. The first-order valence-electron chi connectivity index (χ1n) is 5.72. The standard InChI is InChI=1S/C14H8ClFN2O2/c15-10-6-9(2-3-11(10)16)18-7-17-12-5-8(14(19)20)1-4-13(12)18/h1-7H,(H,19,20). The predicted molar refractivity (Wildman–Crippen MR) is 73.0 cm³/mol. The van der Waals surface area contributed by atoms with Gasteiger partial charge in [0.15, 0.2) is 0 Å². The van der Waals surface area contributed by atoms with E-state index in [4.69, 9.17) is 16.7 Å². The lowest BCUT2D eigenvalue weighted by molar-refractivity contribution is 0.0697. The molecule has 1 N–H and O–H groups in total. The van der Waals surface area contributed by atoms with Crippen molar-refractivity contribution in [3.63, 3.8) is 0 Å². The number of benzene rings is 2. The van der Waals surface area contributed by atoms with Crippen LogP contribution in [0.3, 0.4) is 0 Å². The highest BCUT2D eigenvalue weighted by atomic mass is 35.5. The maximum absolute atomic E-state index is 13.2. The summed E-state index contributed by atoms with van der Waals surface area (Å²) in [6, 6.07) is 8.97. The molecule has 0 saturated carbocycles. The number of nitrogens with zero attached hydrogens (tertiary/aromatic N) is 2. The van der Waals surface area contributed by atoms with Crippen molar-refractivity contribution in [2.45, 2.75) is 0 Å². The van der Waals surface area contributed by atoms with E-state index in [0.717, 1.165) is 5.52 Å². The third-order valence-electron chi connectivity index (χ3n) is 2.98. The fourth-order valence-corrected chi connectivity index (χ4v) is 2.16. The van der Waals surface area contributed by atoms with Gasteiger partial charge in [0.1, 0.15) is 12.1 Å². The molecule has 4 nitrogen and oxygen atoms in total. The largest absolute Gasteiger partial charge is 0.478 e. The molecule has 0 radical (unpaired) electrons. The van der Waals surface area contributed by atoms with Gasteiger partial charge in [-0.2, -0.15) is 0 Å². The van der Waals surface area contributed by atoms with Crippen molar-refractivity contribution >= 4 is 28.6 Å². The van der Waals surface area contributed by atoms with Crippen molar-refractivity contribution in [1.82, 2.24) is 9.55 Å². The van der Waals surface area contributed by atoms with Crippen LogP contribution in [-0.4, -0.2) is 20.6 Å². The van der Waals surface area contributed by atoms with E-state index in [0.29, 0.717) is 11.2 Å². The van der Waals surface area contributed by atoms with Crippen LogP contribution in [0.1, 0.15) is 10.4 Å². The van der Waals surface area contributed by atoms with Crippen molar-refractivity contribution in [3.8, 4) is 5.69 Å². The molecular formula is C14H8ClFN2O2. The van der Waals surface area contributed by atoms with E-state index in [2.05, 4.69) is 4.98 Å². The summed E-state index contributed by atoms with van der Waals surface area (Å²) in [6.07, 6.45) is 1.54. The van der Waals surface area contributed by atoms with Crippen LogP contribution in [-0.2, 0) is 0 Å². The molecule has 100 valence electrons. The normalized spacial score (nSPS) is 10.9. The first-order valence-corrected chi connectivity index (χ1v) is 6.10. The Balaban J connectivity index is 2.17. The number of hydrogen-bond donors (Lipinski definition) is 1. The van der Waals surface area contributed by atoms with Crippen molar-refractivity contribution < 1.29 is 14.3 Å². The summed E-state index contributed by atoms with van der Waals surface area (Å²) >= 11 is 5.76. The van der Waals surface area contributed by atoms with Crippen LogP contribution in [0.25, 0.3) is 16.7 Å². The molecule has 0 aliphatic rings. The van der Waals surface area contributed by atoms with Crippen molar-refractivity contribution in [2.24, 2.45) is 0 Å². The van der Waals surface area contributed by atoms with Crippen LogP contribution in [0.15, 0.2) is 42.7 Å². The van der Waals surface area contributed by atoms with Crippen LogP contribution in [0.2, 0.25) is 5.02 Å². The average molecular weight is 291 g/mol. The molecule has 0 aliphatic carbocycles. The number of imidazole rings is 1. The zero-order valence-electron chi connectivity index (χ0n) is 10.0. The number of hydrogen-bond acceptors (Lipinski definition) is 2. The second-order valence-electron chi connectivity index (χ2n) is 4.22. The van der Waals surface area contributed by atoms with Gasteiger partial charge in [-0.25, -0.2) is 14.2 Å². The molecule has 20 heavy (non-hydrogen) atoms. The number of carboxylic acid groups (broad SMARTS) is 1. The maximum Gasteiger partial charge on any atom is 0.335 e. The molecule has 0 unspecified atom stereocenters. The van der Waals surface area contributed by atoms with E-state index in [1.165, 1.54) is 24.3 Å². The lowest BCUT2D eigenvalue weighted by Crippen LogP contribution is -1.96. The minimum absolute atomic E-state index is 0.0199. The van der Waals surface area contributed by atoms with E-state index >= 15 is 0 Å². The highest BCUT2D eigenvalue weighted by molar-refractivity contribution is 6.30. The molecule has 0 spiro atoms. The maximum atomic E-state index is 13.2. The SMILES string of the molecule is O=C(O)c1ccc2c(c1)ncn2-c1ccc(F)c(Cl)c1. The van der Waals surface area contributed by atoms with Crippen LogP contribution >= 0.6 is 11.6 Å². The zero-order valence-corrected chi connectivity index (χ0v) is 10.8. The molecule has 1 aromatic heterocycles. The summed E-state index contributed by atoms with van der Waals surface area (Å²) < 4.78 is 14.9. The predicted octanol–water partition coefficient (Wildman–Crippen LogP) is 3.52. The number of rotatable bonds is 2. The van der Waals surface area contributed by atoms with Gasteiger partial charge in [0.2, 0.25) is 0 Å². The number of carbonyl (C=O) groups is 1. The van der Waals surface area contributed by atoms with Gasteiger partial charge >= 0.3 is 5.97 Å². The Kier molecular flexibility index (Phi) is 2.91. The summed E-state index contributed by atoms with van der Waals surface area (Å²) in [6.45, 7) is 0. The van der Waals surface area contributed by atoms with Crippen LogP contribution in [0.5, 0.6) is 0 Å². The lowest BCUT2D eigenvalue weighted by atomic mass is 10.2. The minimum atomic E-state index is -1.01. The van der Waals surface area contributed by atoms with Crippen LogP contribution < -0.4 is 0 Å². The number of aromatic carboxylic acids is 1. The molecule has 0 fully saturated rings. The highest BCUT2D eigenvalue weighted by Crippen LogP contribution is 2.23. The first-order chi connectivity index (χ1) is 9.56.